The van der Waals surface area contributed by atoms with Crippen molar-refractivity contribution in [1.82, 2.24) is 30.4 Å². The molecule has 3 heterocycles. The van der Waals surface area contributed by atoms with Gasteiger partial charge in [0.2, 0.25) is 0 Å². The van der Waals surface area contributed by atoms with Crippen molar-refractivity contribution in [2.24, 2.45) is 0 Å². The number of H-pyrrole nitrogens is 1. The Kier molecular flexibility index (Phi) is 4.13. The average molecular weight is 351 g/mol. The number of benzene rings is 1. The van der Waals surface area contributed by atoms with Crippen LogP contribution in [-0.4, -0.2) is 36.3 Å². The Morgan fingerprint density at radius 3 is 2.85 bits per heavy atom. The molecule has 0 saturated carbocycles. The van der Waals surface area contributed by atoms with Crippen molar-refractivity contribution in [2.45, 2.75) is 6.54 Å². The normalized spacial score (nSPS) is 10.6. The first-order chi connectivity index (χ1) is 12.8. The summed E-state index contributed by atoms with van der Waals surface area (Å²) in [6, 6.07) is 12.1. The van der Waals surface area contributed by atoms with Gasteiger partial charge in [0.1, 0.15) is 11.5 Å². The number of amides is 1. The Labute approximate surface area is 146 Å². The highest BCUT2D eigenvalue weighted by Crippen LogP contribution is 2.20. The minimum Gasteiger partial charge on any atom is -0.454 e. The van der Waals surface area contributed by atoms with Gasteiger partial charge in [0.25, 0.3) is 5.91 Å². The molecule has 0 radical (unpaired) electrons. The maximum atomic E-state index is 12.3. The molecule has 26 heavy (non-hydrogen) atoms. The summed E-state index contributed by atoms with van der Waals surface area (Å²) in [5.74, 6) is 1.04. The van der Waals surface area contributed by atoms with Gasteiger partial charge in [-0.2, -0.15) is 10.3 Å². The van der Waals surface area contributed by atoms with Gasteiger partial charge in [-0.05, 0) is 47.7 Å². The van der Waals surface area contributed by atoms with Gasteiger partial charge < -0.3 is 14.5 Å². The number of nitrogens with one attached hydrogen (secondary N) is 2. The summed E-state index contributed by atoms with van der Waals surface area (Å²) < 4.78 is 12.6. The Morgan fingerprint density at radius 1 is 1.23 bits per heavy atom. The maximum Gasteiger partial charge on any atom is 0.361 e. The molecule has 0 aliphatic rings. The van der Waals surface area contributed by atoms with E-state index in [0.29, 0.717) is 23.7 Å². The number of carbonyl (C=O) groups excluding carboxylic acids is 1. The molecule has 0 spiro atoms. The summed E-state index contributed by atoms with van der Waals surface area (Å²) >= 11 is 0. The van der Waals surface area contributed by atoms with Crippen LogP contribution in [0.25, 0.3) is 0 Å². The zero-order chi connectivity index (χ0) is 17.8. The summed E-state index contributed by atoms with van der Waals surface area (Å²) in [7, 11) is 0. The third kappa shape index (κ3) is 3.59. The molecule has 0 saturated heterocycles. The van der Waals surface area contributed by atoms with E-state index >= 15 is 0 Å². The fourth-order valence-corrected chi connectivity index (χ4v) is 2.24. The van der Waals surface area contributed by atoms with Crippen LogP contribution < -0.4 is 10.1 Å². The van der Waals surface area contributed by atoms with Crippen LogP contribution in [0.2, 0.25) is 0 Å². The molecule has 0 bridgehead atoms. The van der Waals surface area contributed by atoms with Crippen molar-refractivity contribution in [3.8, 4) is 11.8 Å². The van der Waals surface area contributed by atoms with Crippen LogP contribution in [0.4, 0.5) is 5.69 Å². The number of aromatic amines is 1. The number of carbonyl (C=O) groups is 1. The van der Waals surface area contributed by atoms with E-state index in [2.05, 4.69) is 31.0 Å². The van der Waals surface area contributed by atoms with Crippen LogP contribution in [0.3, 0.4) is 0 Å². The fraction of sp³-hybridized carbons (Fsp3) is 0.0625. The lowest BCUT2D eigenvalue weighted by atomic mass is 10.3. The summed E-state index contributed by atoms with van der Waals surface area (Å²) in [4.78, 5) is 12.3. The monoisotopic (exact) mass is 351 g/mol. The van der Waals surface area contributed by atoms with Crippen LogP contribution >= 0.6 is 0 Å². The number of rotatable bonds is 6. The molecule has 10 heteroatoms. The van der Waals surface area contributed by atoms with Gasteiger partial charge in [-0.3, -0.25) is 9.48 Å². The third-order valence-corrected chi connectivity index (χ3v) is 3.41. The first kappa shape index (κ1) is 15.6. The minimum atomic E-state index is -0.344. The van der Waals surface area contributed by atoms with E-state index in [0.717, 1.165) is 0 Å². The van der Waals surface area contributed by atoms with E-state index in [1.54, 1.807) is 47.3 Å². The number of nitrogens with zero attached hydrogens (tertiary/aromatic N) is 5. The summed E-state index contributed by atoms with van der Waals surface area (Å²) in [6.45, 7) is 0.461. The molecule has 3 aromatic heterocycles. The highest BCUT2D eigenvalue weighted by atomic mass is 16.5. The van der Waals surface area contributed by atoms with Crippen LogP contribution in [-0.2, 0) is 6.54 Å². The Morgan fingerprint density at radius 2 is 2.12 bits per heavy atom. The zero-order valence-electron chi connectivity index (χ0n) is 13.4. The standard InChI is InChI=1S/C16H13N7O3/c24-15(14-7-6-13(25-14)10-23-9-1-8-17-23)18-11-2-4-12(5-3-11)26-16-19-21-22-20-16/h1-9H,10H2,(H,18,24)(H,19,20,21,22). The van der Waals surface area contributed by atoms with Gasteiger partial charge >= 0.3 is 6.01 Å². The van der Waals surface area contributed by atoms with E-state index in [9.17, 15) is 4.79 Å². The second kappa shape index (κ2) is 6.89. The van der Waals surface area contributed by atoms with Gasteiger partial charge in [-0.15, -0.1) is 0 Å². The number of anilines is 1. The molecule has 0 fully saturated rings. The molecule has 1 amide bonds. The second-order valence-electron chi connectivity index (χ2n) is 5.24. The van der Waals surface area contributed by atoms with Gasteiger partial charge in [0.05, 0.1) is 6.54 Å². The van der Waals surface area contributed by atoms with Crippen LogP contribution in [0.15, 0.2) is 59.3 Å². The van der Waals surface area contributed by atoms with Crippen molar-refractivity contribution < 1.29 is 13.9 Å². The molecule has 0 aliphatic carbocycles. The molecule has 0 unspecified atom stereocenters. The predicted molar refractivity (Wildman–Crippen MR) is 88.7 cm³/mol. The molecule has 130 valence electrons. The molecular weight excluding hydrogens is 338 g/mol. The van der Waals surface area contributed by atoms with Gasteiger partial charge in [0, 0.05) is 18.1 Å². The molecule has 4 aromatic rings. The zero-order valence-corrected chi connectivity index (χ0v) is 13.4. The molecular formula is C16H13N7O3. The minimum absolute atomic E-state index is 0.113. The van der Waals surface area contributed by atoms with E-state index in [1.165, 1.54) is 0 Å². The van der Waals surface area contributed by atoms with Crippen LogP contribution in [0, 0.1) is 0 Å². The van der Waals surface area contributed by atoms with Crippen LogP contribution in [0.5, 0.6) is 11.8 Å². The van der Waals surface area contributed by atoms with Crippen molar-refractivity contribution >= 4 is 11.6 Å². The van der Waals surface area contributed by atoms with Crippen LogP contribution in [0.1, 0.15) is 16.3 Å². The van der Waals surface area contributed by atoms with Gasteiger partial charge in [0.15, 0.2) is 5.76 Å². The number of aromatic nitrogens is 6. The average Bonchev–Trinajstić information content (AvgIpc) is 3.40. The van der Waals surface area contributed by atoms with E-state index in [-0.39, 0.29) is 17.7 Å². The fourth-order valence-electron chi connectivity index (χ4n) is 2.24. The number of hydrogen-bond donors (Lipinski definition) is 2. The SMILES string of the molecule is O=C(Nc1ccc(Oc2nn[nH]n2)cc1)c1ccc(Cn2cccn2)o1. The topological polar surface area (TPSA) is 124 Å². The molecule has 4 rings (SSSR count). The Hall–Kier alpha value is -3.95. The second-order valence-corrected chi connectivity index (χ2v) is 5.24. The summed E-state index contributed by atoms with van der Waals surface area (Å²) in [5, 5.41) is 19.9. The highest BCUT2D eigenvalue weighted by Gasteiger charge is 2.12. The first-order valence-electron chi connectivity index (χ1n) is 7.65. The number of tetrazole rings is 1. The summed E-state index contributed by atoms with van der Waals surface area (Å²) in [6.07, 6.45) is 3.50. The van der Waals surface area contributed by atoms with E-state index in [4.69, 9.17) is 9.15 Å². The Balaban J connectivity index is 1.37. The number of hydrogen-bond acceptors (Lipinski definition) is 7. The first-order valence-corrected chi connectivity index (χ1v) is 7.65. The molecule has 1 aromatic carbocycles. The predicted octanol–water partition coefficient (Wildman–Crippen LogP) is 2.08. The quantitative estimate of drug-likeness (QED) is 0.545. The van der Waals surface area contributed by atoms with Crippen molar-refractivity contribution in [3.05, 3.63) is 66.4 Å². The highest BCUT2D eigenvalue weighted by molar-refractivity contribution is 6.02. The lowest BCUT2D eigenvalue weighted by Crippen LogP contribution is -2.10. The Bertz CT molecular complexity index is 975. The number of furan rings is 1. The summed E-state index contributed by atoms with van der Waals surface area (Å²) in [5.41, 5.74) is 0.598. The molecule has 10 nitrogen and oxygen atoms in total. The molecule has 0 aliphatic heterocycles. The van der Waals surface area contributed by atoms with Crippen molar-refractivity contribution in [1.29, 1.82) is 0 Å². The lowest BCUT2D eigenvalue weighted by molar-refractivity contribution is 0.0994. The van der Waals surface area contributed by atoms with Gasteiger partial charge in [-0.25, -0.2) is 0 Å². The lowest BCUT2D eigenvalue weighted by Gasteiger charge is -2.05. The van der Waals surface area contributed by atoms with Crippen molar-refractivity contribution in [2.75, 3.05) is 5.32 Å². The number of ether oxygens (including phenoxy) is 1. The smallest absolute Gasteiger partial charge is 0.361 e. The largest absolute Gasteiger partial charge is 0.454 e. The van der Waals surface area contributed by atoms with E-state index in [1.807, 2.05) is 12.3 Å². The van der Waals surface area contributed by atoms with Crippen molar-refractivity contribution in [3.63, 3.8) is 0 Å². The molecule has 0 atom stereocenters. The molecule has 2 N–H and O–H groups in total. The van der Waals surface area contributed by atoms with E-state index < -0.39 is 0 Å². The maximum absolute atomic E-state index is 12.3. The third-order valence-electron chi connectivity index (χ3n) is 3.41. The van der Waals surface area contributed by atoms with Gasteiger partial charge in [-0.1, -0.05) is 10.2 Å².